The molecule has 2 heterocycles. The summed E-state index contributed by atoms with van der Waals surface area (Å²) in [5, 5.41) is 17.2. The molecule has 1 aromatic carbocycles. The molecule has 3 aromatic rings. The molecule has 1 amide bonds. The quantitative estimate of drug-likeness (QED) is 0.604. The first-order valence-corrected chi connectivity index (χ1v) is 8.60. The van der Waals surface area contributed by atoms with Gasteiger partial charge >= 0.3 is 0 Å². The predicted molar refractivity (Wildman–Crippen MR) is 98.3 cm³/mol. The fraction of sp³-hybridized carbons (Fsp3) is 0.176. The Morgan fingerprint density at radius 1 is 1.36 bits per heavy atom. The van der Waals surface area contributed by atoms with Gasteiger partial charge in [0.05, 0.1) is 28.1 Å². The standard InChI is InChI=1S/C17H15BrClN3O3/c1-9-16(18)10(2)22(21-9)8-12-4-6-15(25-12)17(24)20-13-7-11(19)3-5-14(13)23/h3-7,23H,8H2,1-2H3,(H,20,24). The highest BCUT2D eigenvalue weighted by molar-refractivity contribution is 9.10. The largest absolute Gasteiger partial charge is 0.506 e. The highest BCUT2D eigenvalue weighted by atomic mass is 79.9. The second-order valence-electron chi connectivity index (χ2n) is 5.52. The average molecular weight is 425 g/mol. The number of hydrogen-bond donors (Lipinski definition) is 2. The Balaban J connectivity index is 1.75. The van der Waals surface area contributed by atoms with Crippen LogP contribution in [0.4, 0.5) is 5.69 Å². The molecule has 0 aliphatic rings. The first kappa shape index (κ1) is 17.6. The van der Waals surface area contributed by atoms with Gasteiger partial charge in [-0.1, -0.05) is 11.6 Å². The van der Waals surface area contributed by atoms with Crippen LogP contribution in [0.3, 0.4) is 0 Å². The molecule has 0 aliphatic carbocycles. The number of halogens is 2. The van der Waals surface area contributed by atoms with Crippen molar-refractivity contribution in [3.63, 3.8) is 0 Å². The fourth-order valence-corrected chi connectivity index (χ4v) is 2.81. The van der Waals surface area contributed by atoms with Gasteiger partial charge in [0.25, 0.3) is 5.91 Å². The second kappa shape index (κ2) is 6.93. The number of aryl methyl sites for hydroxylation is 1. The van der Waals surface area contributed by atoms with Crippen LogP contribution in [0.1, 0.15) is 27.7 Å². The molecule has 8 heteroatoms. The summed E-state index contributed by atoms with van der Waals surface area (Å²) < 4.78 is 8.34. The third-order valence-corrected chi connectivity index (χ3v) is 5.07. The van der Waals surface area contributed by atoms with E-state index < -0.39 is 5.91 Å². The number of phenolic OH excluding ortho intramolecular Hbond substituents is 1. The van der Waals surface area contributed by atoms with Crippen LogP contribution in [-0.4, -0.2) is 20.8 Å². The lowest BCUT2D eigenvalue weighted by Gasteiger charge is -2.06. The minimum Gasteiger partial charge on any atom is -0.506 e. The van der Waals surface area contributed by atoms with Crippen molar-refractivity contribution in [2.45, 2.75) is 20.4 Å². The third-order valence-electron chi connectivity index (χ3n) is 3.69. The summed E-state index contributed by atoms with van der Waals surface area (Å²) in [7, 11) is 0. The Hall–Kier alpha value is -2.25. The fourth-order valence-electron chi connectivity index (χ4n) is 2.35. The van der Waals surface area contributed by atoms with Gasteiger partial charge in [0, 0.05) is 5.02 Å². The van der Waals surface area contributed by atoms with Crippen LogP contribution >= 0.6 is 27.5 Å². The molecule has 3 rings (SSSR count). The van der Waals surface area contributed by atoms with E-state index in [1.54, 1.807) is 16.8 Å². The number of benzene rings is 1. The van der Waals surface area contributed by atoms with Crippen molar-refractivity contribution < 1.29 is 14.3 Å². The van der Waals surface area contributed by atoms with E-state index in [9.17, 15) is 9.90 Å². The van der Waals surface area contributed by atoms with Gasteiger partial charge in [-0.3, -0.25) is 9.48 Å². The number of rotatable bonds is 4. The van der Waals surface area contributed by atoms with Crippen LogP contribution in [0.15, 0.2) is 39.2 Å². The Kier molecular flexibility index (Phi) is 4.87. The van der Waals surface area contributed by atoms with E-state index in [1.165, 1.54) is 18.2 Å². The molecular weight excluding hydrogens is 410 g/mol. The summed E-state index contributed by atoms with van der Waals surface area (Å²) in [6.45, 7) is 4.27. The van der Waals surface area contributed by atoms with Crippen LogP contribution in [0, 0.1) is 13.8 Å². The summed E-state index contributed by atoms with van der Waals surface area (Å²) in [6.07, 6.45) is 0. The van der Waals surface area contributed by atoms with Crippen LogP contribution < -0.4 is 5.32 Å². The first-order valence-electron chi connectivity index (χ1n) is 7.43. The van der Waals surface area contributed by atoms with E-state index in [1.807, 2.05) is 13.8 Å². The molecule has 0 radical (unpaired) electrons. The second-order valence-corrected chi connectivity index (χ2v) is 6.75. The number of carbonyl (C=O) groups is 1. The van der Waals surface area contributed by atoms with Gasteiger partial charge < -0.3 is 14.8 Å². The van der Waals surface area contributed by atoms with Crippen LogP contribution in [0.5, 0.6) is 5.75 Å². The molecule has 0 aliphatic heterocycles. The van der Waals surface area contributed by atoms with Gasteiger partial charge in [0.1, 0.15) is 11.5 Å². The Morgan fingerprint density at radius 3 is 2.80 bits per heavy atom. The molecule has 6 nitrogen and oxygen atoms in total. The van der Waals surface area contributed by atoms with Crippen molar-refractivity contribution in [1.82, 2.24) is 9.78 Å². The number of amides is 1. The van der Waals surface area contributed by atoms with Crippen molar-refractivity contribution >= 4 is 39.1 Å². The van der Waals surface area contributed by atoms with Gasteiger partial charge in [-0.2, -0.15) is 5.10 Å². The van der Waals surface area contributed by atoms with Gasteiger partial charge in [-0.25, -0.2) is 0 Å². The number of hydrogen-bond acceptors (Lipinski definition) is 4. The minimum atomic E-state index is -0.474. The van der Waals surface area contributed by atoms with E-state index in [-0.39, 0.29) is 17.2 Å². The zero-order valence-electron chi connectivity index (χ0n) is 13.5. The Labute approximate surface area is 157 Å². The molecule has 0 bridgehead atoms. The molecule has 130 valence electrons. The SMILES string of the molecule is Cc1nn(Cc2ccc(C(=O)Nc3cc(Cl)ccc3O)o2)c(C)c1Br. The van der Waals surface area contributed by atoms with Gasteiger partial charge in [-0.05, 0) is 60.1 Å². The number of nitrogens with one attached hydrogen (secondary N) is 1. The van der Waals surface area contributed by atoms with Gasteiger partial charge in [0.2, 0.25) is 0 Å². The van der Waals surface area contributed by atoms with Gasteiger partial charge in [-0.15, -0.1) is 0 Å². The van der Waals surface area contributed by atoms with Crippen molar-refractivity contribution in [3.8, 4) is 5.75 Å². The van der Waals surface area contributed by atoms with Crippen molar-refractivity contribution in [1.29, 1.82) is 0 Å². The molecule has 25 heavy (non-hydrogen) atoms. The Bertz CT molecular complexity index is 949. The Morgan fingerprint density at radius 2 is 2.12 bits per heavy atom. The molecule has 0 saturated carbocycles. The average Bonchev–Trinajstić information content (AvgIpc) is 3.13. The zero-order chi connectivity index (χ0) is 18.1. The number of carbonyl (C=O) groups excluding carboxylic acids is 1. The zero-order valence-corrected chi connectivity index (χ0v) is 15.8. The van der Waals surface area contributed by atoms with E-state index >= 15 is 0 Å². The first-order chi connectivity index (χ1) is 11.8. The summed E-state index contributed by atoms with van der Waals surface area (Å²) in [6, 6.07) is 7.70. The van der Waals surface area contributed by atoms with E-state index in [2.05, 4.69) is 26.3 Å². The molecule has 0 spiro atoms. The topological polar surface area (TPSA) is 80.3 Å². The normalized spacial score (nSPS) is 10.9. The molecule has 0 fully saturated rings. The molecule has 0 unspecified atom stereocenters. The number of furan rings is 1. The smallest absolute Gasteiger partial charge is 0.291 e. The minimum absolute atomic E-state index is 0.0722. The lowest BCUT2D eigenvalue weighted by atomic mass is 10.3. The molecular formula is C17H15BrClN3O3. The highest BCUT2D eigenvalue weighted by Crippen LogP contribution is 2.27. The third kappa shape index (κ3) is 3.72. The highest BCUT2D eigenvalue weighted by Gasteiger charge is 2.15. The summed E-state index contributed by atoms with van der Waals surface area (Å²) in [5.41, 5.74) is 2.08. The maximum Gasteiger partial charge on any atom is 0.291 e. The summed E-state index contributed by atoms with van der Waals surface area (Å²) in [5.74, 6) is 0.184. The van der Waals surface area contributed by atoms with Crippen molar-refractivity contribution in [3.05, 3.63) is 62.7 Å². The van der Waals surface area contributed by atoms with E-state index in [4.69, 9.17) is 16.0 Å². The maximum absolute atomic E-state index is 12.3. The molecule has 0 atom stereocenters. The molecule has 0 saturated heterocycles. The number of nitrogens with zero attached hydrogens (tertiary/aromatic N) is 2. The monoisotopic (exact) mass is 423 g/mol. The lowest BCUT2D eigenvalue weighted by Crippen LogP contribution is -2.11. The van der Waals surface area contributed by atoms with Crippen molar-refractivity contribution in [2.24, 2.45) is 0 Å². The number of aromatic nitrogens is 2. The van der Waals surface area contributed by atoms with Crippen LogP contribution in [0.25, 0.3) is 0 Å². The van der Waals surface area contributed by atoms with Gasteiger partial charge in [0.15, 0.2) is 5.76 Å². The summed E-state index contributed by atoms with van der Waals surface area (Å²) in [4.78, 5) is 12.3. The maximum atomic E-state index is 12.3. The van der Waals surface area contributed by atoms with Crippen LogP contribution in [-0.2, 0) is 6.54 Å². The molecule has 2 N–H and O–H groups in total. The number of aromatic hydroxyl groups is 1. The summed E-state index contributed by atoms with van der Waals surface area (Å²) >= 11 is 9.35. The lowest BCUT2D eigenvalue weighted by molar-refractivity contribution is 0.0994. The molecule has 2 aromatic heterocycles. The van der Waals surface area contributed by atoms with Crippen LogP contribution in [0.2, 0.25) is 5.02 Å². The number of phenols is 1. The van der Waals surface area contributed by atoms with E-state index in [0.717, 1.165) is 15.9 Å². The van der Waals surface area contributed by atoms with Crippen molar-refractivity contribution in [2.75, 3.05) is 5.32 Å². The van der Waals surface area contributed by atoms with E-state index in [0.29, 0.717) is 17.3 Å². The number of anilines is 1. The predicted octanol–water partition coefficient (Wildman–Crippen LogP) is 4.52.